The van der Waals surface area contributed by atoms with Gasteiger partial charge in [-0.15, -0.1) is 0 Å². The molecule has 6 rings (SSSR count). The van der Waals surface area contributed by atoms with E-state index in [1.807, 2.05) is 0 Å². The average Bonchev–Trinajstić information content (AvgIpc) is 3.23. The normalized spacial score (nSPS) is 14.4. The molecule has 128 valence electrons. The molecule has 0 fully saturated rings. The Bertz CT molecular complexity index is 1290. The van der Waals surface area contributed by atoms with E-state index in [1.54, 1.807) is 0 Å². The van der Waals surface area contributed by atoms with Gasteiger partial charge in [-0.25, -0.2) is 0 Å². The minimum atomic E-state index is -0.139. The summed E-state index contributed by atoms with van der Waals surface area (Å²) in [7, 11) is 0. The molecule has 27 heavy (non-hydrogen) atoms. The smallest absolute Gasteiger partial charge is 0.0465 e. The first-order valence-corrected chi connectivity index (χ1v) is 9.47. The molecular weight excluding hydrogens is 326 g/mol. The van der Waals surface area contributed by atoms with E-state index in [1.165, 1.54) is 49.6 Å². The molecular formula is C26H19N. The summed E-state index contributed by atoms with van der Waals surface area (Å²) in [5, 5.41) is 2.59. The van der Waals surface area contributed by atoms with Crippen LogP contribution in [0.25, 0.3) is 32.9 Å². The fourth-order valence-corrected chi connectivity index (χ4v) is 4.92. The SMILES string of the molecule is CC1(c2ccc3[nH]c4ccccc4c3c2)c2ccccc2-c2ccccc21. The summed E-state index contributed by atoms with van der Waals surface area (Å²) in [6, 6.07) is 33.1. The fourth-order valence-electron chi connectivity index (χ4n) is 4.92. The van der Waals surface area contributed by atoms with Gasteiger partial charge in [-0.05, 0) is 52.9 Å². The van der Waals surface area contributed by atoms with Gasteiger partial charge in [0.1, 0.15) is 0 Å². The zero-order valence-electron chi connectivity index (χ0n) is 15.2. The monoisotopic (exact) mass is 345 g/mol. The third kappa shape index (κ3) is 1.84. The molecule has 5 aromatic rings. The lowest BCUT2D eigenvalue weighted by Gasteiger charge is -2.28. The van der Waals surface area contributed by atoms with Crippen LogP contribution in [-0.2, 0) is 5.41 Å². The first-order chi connectivity index (χ1) is 13.3. The van der Waals surface area contributed by atoms with E-state index in [0.29, 0.717) is 0 Å². The molecule has 0 saturated heterocycles. The van der Waals surface area contributed by atoms with Gasteiger partial charge in [0.15, 0.2) is 0 Å². The maximum atomic E-state index is 3.55. The molecule has 0 radical (unpaired) electrons. The zero-order valence-corrected chi connectivity index (χ0v) is 15.2. The Morgan fingerprint density at radius 1 is 0.593 bits per heavy atom. The molecule has 1 aliphatic rings. The van der Waals surface area contributed by atoms with E-state index in [-0.39, 0.29) is 5.41 Å². The summed E-state index contributed by atoms with van der Waals surface area (Å²) in [6.07, 6.45) is 0. The standard InChI is InChI=1S/C26H19N/c1-26(22-11-5-2-8-18(22)19-9-3-6-12-23(19)26)17-14-15-25-21(16-17)20-10-4-7-13-24(20)27-25/h2-16,27H,1H3. The van der Waals surface area contributed by atoms with Gasteiger partial charge in [0.05, 0.1) is 0 Å². The van der Waals surface area contributed by atoms with Crippen LogP contribution in [0.15, 0.2) is 91.0 Å². The molecule has 0 unspecified atom stereocenters. The van der Waals surface area contributed by atoms with Crippen molar-refractivity contribution in [3.63, 3.8) is 0 Å². The van der Waals surface area contributed by atoms with E-state index in [0.717, 1.165) is 0 Å². The summed E-state index contributed by atoms with van der Waals surface area (Å²) in [4.78, 5) is 3.55. The van der Waals surface area contributed by atoms with Crippen molar-refractivity contribution in [2.75, 3.05) is 0 Å². The Morgan fingerprint density at radius 2 is 1.19 bits per heavy atom. The van der Waals surface area contributed by atoms with Crippen LogP contribution in [0.3, 0.4) is 0 Å². The largest absolute Gasteiger partial charge is 0.355 e. The van der Waals surface area contributed by atoms with Crippen molar-refractivity contribution in [1.82, 2.24) is 4.98 Å². The molecule has 1 nitrogen and oxygen atoms in total. The molecule has 0 atom stereocenters. The van der Waals surface area contributed by atoms with Crippen LogP contribution in [0.5, 0.6) is 0 Å². The van der Waals surface area contributed by atoms with Crippen LogP contribution in [0, 0.1) is 0 Å². The molecule has 0 saturated carbocycles. The number of rotatable bonds is 1. The van der Waals surface area contributed by atoms with Crippen molar-refractivity contribution >= 4 is 21.8 Å². The van der Waals surface area contributed by atoms with Crippen LogP contribution in [0.1, 0.15) is 23.6 Å². The lowest BCUT2D eigenvalue weighted by atomic mass is 9.74. The van der Waals surface area contributed by atoms with Gasteiger partial charge in [-0.2, -0.15) is 0 Å². The van der Waals surface area contributed by atoms with E-state index in [9.17, 15) is 0 Å². The molecule has 4 aromatic carbocycles. The number of aromatic amines is 1. The molecule has 1 aromatic heterocycles. The molecule has 1 heterocycles. The van der Waals surface area contributed by atoms with E-state index >= 15 is 0 Å². The van der Waals surface area contributed by atoms with Gasteiger partial charge in [0.25, 0.3) is 0 Å². The highest BCUT2D eigenvalue weighted by molar-refractivity contribution is 6.07. The number of H-pyrrole nitrogens is 1. The van der Waals surface area contributed by atoms with Crippen molar-refractivity contribution in [3.05, 3.63) is 108 Å². The number of benzene rings is 4. The van der Waals surface area contributed by atoms with Crippen molar-refractivity contribution < 1.29 is 0 Å². The van der Waals surface area contributed by atoms with Gasteiger partial charge < -0.3 is 4.98 Å². The van der Waals surface area contributed by atoms with Gasteiger partial charge in [0, 0.05) is 27.2 Å². The lowest BCUT2D eigenvalue weighted by Crippen LogP contribution is -2.22. The summed E-state index contributed by atoms with van der Waals surface area (Å²) >= 11 is 0. The van der Waals surface area contributed by atoms with Crippen LogP contribution in [0.2, 0.25) is 0 Å². The highest BCUT2D eigenvalue weighted by Gasteiger charge is 2.40. The van der Waals surface area contributed by atoms with Crippen molar-refractivity contribution in [2.45, 2.75) is 12.3 Å². The molecule has 0 spiro atoms. The zero-order chi connectivity index (χ0) is 18.0. The summed E-state index contributed by atoms with van der Waals surface area (Å²) in [5.41, 5.74) is 9.10. The van der Waals surface area contributed by atoms with Gasteiger partial charge >= 0.3 is 0 Å². The number of hydrogen-bond donors (Lipinski definition) is 1. The average molecular weight is 345 g/mol. The number of fused-ring (bicyclic) bond motifs is 6. The Labute approximate surface area is 158 Å². The minimum absolute atomic E-state index is 0.139. The maximum Gasteiger partial charge on any atom is 0.0465 e. The van der Waals surface area contributed by atoms with Crippen molar-refractivity contribution in [1.29, 1.82) is 0 Å². The number of hydrogen-bond acceptors (Lipinski definition) is 0. The van der Waals surface area contributed by atoms with Crippen LogP contribution in [0.4, 0.5) is 0 Å². The predicted octanol–water partition coefficient (Wildman–Crippen LogP) is 6.66. The maximum absolute atomic E-state index is 3.55. The van der Waals surface area contributed by atoms with Gasteiger partial charge in [0.2, 0.25) is 0 Å². The highest BCUT2D eigenvalue weighted by atomic mass is 14.7. The Hall–Kier alpha value is -3.32. The van der Waals surface area contributed by atoms with E-state index in [2.05, 4.69) is 103 Å². The van der Waals surface area contributed by atoms with E-state index in [4.69, 9.17) is 0 Å². The second-order valence-corrected chi connectivity index (χ2v) is 7.65. The summed E-state index contributed by atoms with van der Waals surface area (Å²) < 4.78 is 0. The second kappa shape index (κ2) is 5.11. The number of nitrogens with one attached hydrogen (secondary N) is 1. The Morgan fingerprint density at radius 3 is 1.93 bits per heavy atom. The third-order valence-corrected chi connectivity index (χ3v) is 6.31. The first-order valence-electron chi connectivity index (χ1n) is 9.47. The van der Waals surface area contributed by atoms with Gasteiger partial charge in [-0.1, -0.05) is 72.8 Å². The van der Waals surface area contributed by atoms with Crippen LogP contribution < -0.4 is 0 Å². The quantitative estimate of drug-likeness (QED) is 0.350. The van der Waals surface area contributed by atoms with Gasteiger partial charge in [-0.3, -0.25) is 0 Å². The van der Waals surface area contributed by atoms with Crippen LogP contribution >= 0.6 is 0 Å². The van der Waals surface area contributed by atoms with Crippen LogP contribution in [-0.4, -0.2) is 4.98 Å². The second-order valence-electron chi connectivity index (χ2n) is 7.65. The third-order valence-electron chi connectivity index (χ3n) is 6.31. The topological polar surface area (TPSA) is 15.8 Å². The molecule has 1 heteroatoms. The van der Waals surface area contributed by atoms with Crippen molar-refractivity contribution in [2.24, 2.45) is 0 Å². The Kier molecular flexibility index (Phi) is 2.80. The first kappa shape index (κ1) is 14.8. The number of aromatic nitrogens is 1. The number of para-hydroxylation sites is 1. The molecule has 0 amide bonds. The van der Waals surface area contributed by atoms with E-state index < -0.39 is 0 Å². The molecule has 0 bridgehead atoms. The minimum Gasteiger partial charge on any atom is -0.355 e. The summed E-state index contributed by atoms with van der Waals surface area (Å²) in [5.74, 6) is 0. The lowest BCUT2D eigenvalue weighted by molar-refractivity contribution is 0.715. The summed E-state index contributed by atoms with van der Waals surface area (Å²) in [6.45, 7) is 2.37. The molecule has 1 N–H and O–H groups in total. The molecule has 0 aliphatic heterocycles. The van der Waals surface area contributed by atoms with Crippen molar-refractivity contribution in [3.8, 4) is 11.1 Å². The Balaban J connectivity index is 1.69. The predicted molar refractivity (Wildman–Crippen MR) is 113 cm³/mol. The highest BCUT2D eigenvalue weighted by Crippen LogP contribution is 2.52. The molecule has 1 aliphatic carbocycles. The fraction of sp³-hybridized carbons (Fsp3) is 0.0769.